The second-order valence-corrected chi connectivity index (χ2v) is 6.77. The van der Waals surface area contributed by atoms with Gasteiger partial charge in [0.25, 0.3) is 0 Å². The first-order chi connectivity index (χ1) is 8.36. The van der Waals surface area contributed by atoms with Gasteiger partial charge in [-0.2, -0.15) is 0 Å². The van der Waals surface area contributed by atoms with Crippen LogP contribution in [0.2, 0.25) is 0 Å². The van der Waals surface area contributed by atoms with E-state index in [1.165, 1.54) is 19.3 Å². The Labute approximate surface area is 112 Å². The van der Waals surface area contributed by atoms with Gasteiger partial charge in [-0.05, 0) is 50.0 Å². The zero-order valence-corrected chi connectivity index (χ0v) is 12.5. The van der Waals surface area contributed by atoms with Crippen LogP contribution < -0.4 is 5.73 Å². The van der Waals surface area contributed by atoms with E-state index in [0.717, 1.165) is 12.8 Å². The highest BCUT2D eigenvalue weighted by molar-refractivity contribution is 5.76. The van der Waals surface area contributed by atoms with Gasteiger partial charge < -0.3 is 10.6 Å². The summed E-state index contributed by atoms with van der Waals surface area (Å²) < 4.78 is 0. The Kier molecular flexibility index (Phi) is 5.64. The average molecular weight is 254 g/mol. The third-order valence-corrected chi connectivity index (χ3v) is 4.46. The second-order valence-electron chi connectivity index (χ2n) is 6.77. The van der Waals surface area contributed by atoms with Gasteiger partial charge in [0.15, 0.2) is 0 Å². The fourth-order valence-electron chi connectivity index (χ4n) is 2.66. The van der Waals surface area contributed by atoms with Crippen molar-refractivity contribution in [3.8, 4) is 0 Å². The minimum absolute atomic E-state index is 0.245. The van der Waals surface area contributed by atoms with Crippen LogP contribution in [0.5, 0.6) is 0 Å². The van der Waals surface area contributed by atoms with Gasteiger partial charge in [0.2, 0.25) is 5.91 Å². The summed E-state index contributed by atoms with van der Waals surface area (Å²) in [5, 5.41) is 0. The first-order valence-corrected chi connectivity index (χ1v) is 7.32. The molecule has 1 aliphatic carbocycles. The Hall–Kier alpha value is -0.570. The van der Waals surface area contributed by atoms with Gasteiger partial charge >= 0.3 is 0 Å². The van der Waals surface area contributed by atoms with Crippen LogP contribution in [0.15, 0.2) is 0 Å². The van der Waals surface area contributed by atoms with Gasteiger partial charge in [-0.1, -0.05) is 20.8 Å². The molecule has 0 aliphatic heterocycles. The van der Waals surface area contributed by atoms with Crippen LogP contribution >= 0.6 is 0 Å². The number of hydrogen-bond donors (Lipinski definition) is 1. The molecule has 0 aromatic rings. The first-order valence-electron chi connectivity index (χ1n) is 7.32. The van der Waals surface area contributed by atoms with E-state index in [2.05, 4.69) is 20.8 Å². The molecule has 1 amide bonds. The number of carbonyl (C=O) groups is 1. The van der Waals surface area contributed by atoms with Crippen molar-refractivity contribution in [2.24, 2.45) is 17.1 Å². The lowest BCUT2D eigenvalue weighted by molar-refractivity contribution is -0.133. The van der Waals surface area contributed by atoms with Crippen molar-refractivity contribution in [2.45, 2.75) is 65.3 Å². The molecule has 2 N–H and O–H groups in total. The predicted molar refractivity (Wildman–Crippen MR) is 76.3 cm³/mol. The number of nitrogens with two attached hydrogens (primary N) is 1. The third kappa shape index (κ3) is 4.27. The molecule has 1 saturated carbocycles. The van der Waals surface area contributed by atoms with E-state index in [4.69, 9.17) is 5.73 Å². The molecular weight excluding hydrogens is 224 g/mol. The van der Waals surface area contributed by atoms with Crippen molar-refractivity contribution in [1.82, 2.24) is 4.90 Å². The molecule has 0 heterocycles. The highest BCUT2D eigenvalue weighted by Crippen LogP contribution is 2.32. The maximum atomic E-state index is 12.1. The maximum Gasteiger partial charge on any atom is 0.222 e. The molecule has 106 valence electrons. The van der Waals surface area contributed by atoms with Crippen LogP contribution in [0.3, 0.4) is 0 Å². The smallest absolute Gasteiger partial charge is 0.222 e. The lowest BCUT2D eigenvalue weighted by atomic mass is 9.76. The molecule has 0 radical (unpaired) electrons. The Balaban J connectivity index is 2.38. The number of hydrogen-bond acceptors (Lipinski definition) is 2. The molecule has 0 aromatic heterocycles. The lowest BCUT2D eigenvalue weighted by Crippen LogP contribution is -2.41. The van der Waals surface area contributed by atoms with E-state index in [9.17, 15) is 4.79 Å². The minimum Gasteiger partial charge on any atom is -0.343 e. The molecule has 1 fully saturated rings. The normalized spacial score (nSPS) is 18.3. The number of carbonyl (C=O) groups excluding carboxylic acids is 1. The zero-order chi connectivity index (χ0) is 13.8. The molecule has 3 nitrogen and oxygen atoms in total. The Morgan fingerprint density at radius 1 is 1.33 bits per heavy atom. The van der Waals surface area contributed by atoms with Crippen molar-refractivity contribution in [2.75, 3.05) is 13.6 Å². The second kappa shape index (κ2) is 6.55. The summed E-state index contributed by atoms with van der Waals surface area (Å²) >= 11 is 0. The summed E-state index contributed by atoms with van der Waals surface area (Å²) in [5.41, 5.74) is 5.92. The van der Waals surface area contributed by atoms with Gasteiger partial charge in [-0.3, -0.25) is 4.79 Å². The van der Waals surface area contributed by atoms with Crippen LogP contribution in [-0.4, -0.2) is 30.4 Å². The van der Waals surface area contributed by atoms with Gasteiger partial charge in [-0.15, -0.1) is 0 Å². The van der Waals surface area contributed by atoms with E-state index in [0.29, 0.717) is 30.8 Å². The monoisotopic (exact) mass is 254 g/mol. The quantitative estimate of drug-likeness (QED) is 0.792. The molecule has 0 saturated heterocycles. The lowest BCUT2D eigenvalue weighted by Gasteiger charge is -2.36. The largest absolute Gasteiger partial charge is 0.343 e. The molecule has 1 atom stereocenters. The van der Waals surface area contributed by atoms with Crippen LogP contribution in [-0.2, 0) is 4.79 Å². The number of amides is 1. The van der Waals surface area contributed by atoms with Crippen LogP contribution in [0, 0.1) is 11.3 Å². The van der Waals surface area contributed by atoms with Crippen LogP contribution in [0.25, 0.3) is 0 Å². The molecule has 1 unspecified atom stereocenters. The molecule has 0 aromatic carbocycles. The van der Waals surface area contributed by atoms with Gasteiger partial charge in [-0.25, -0.2) is 0 Å². The molecule has 1 aliphatic rings. The fraction of sp³-hybridized carbons (Fsp3) is 0.933. The van der Waals surface area contributed by atoms with E-state index in [1.54, 1.807) is 0 Å². The predicted octanol–water partition coefficient (Wildman–Crippen LogP) is 2.79. The number of rotatable bonds is 6. The van der Waals surface area contributed by atoms with Crippen molar-refractivity contribution in [3.05, 3.63) is 0 Å². The Morgan fingerprint density at radius 2 is 1.94 bits per heavy atom. The number of nitrogens with zero attached hydrogens (tertiary/aromatic N) is 1. The summed E-state index contributed by atoms with van der Waals surface area (Å²) in [4.78, 5) is 14.1. The zero-order valence-electron chi connectivity index (χ0n) is 12.5. The highest BCUT2D eigenvalue weighted by atomic mass is 16.2. The van der Waals surface area contributed by atoms with Crippen molar-refractivity contribution in [3.63, 3.8) is 0 Å². The Morgan fingerprint density at radius 3 is 2.33 bits per heavy atom. The SMILES string of the molecule is CN(C(=O)CCC(CCN)C(C)(C)C)C1CCC1. The third-order valence-electron chi connectivity index (χ3n) is 4.46. The molecule has 3 heteroatoms. The first kappa shape index (κ1) is 15.5. The standard InChI is InChI=1S/C15H30N2O/c1-15(2,3)12(10-11-16)8-9-14(18)17(4)13-6-5-7-13/h12-13H,5-11,16H2,1-4H3. The van der Waals surface area contributed by atoms with E-state index in [1.807, 2.05) is 11.9 Å². The van der Waals surface area contributed by atoms with Crippen LogP contribution in [0.4, 0.5) is 0 Å². The fourth-order valence-corrected chi connectivity index (χ4v) is 2.66. The van der Waals surface area contributed by atoms with E-state index >= 15 is 0 Å². The van der Waals surface area contributed by atoms with Crippen molar-refractivity contribution in [1.29, 1.82) is 0 Å². The van der Waals surface area contributed by atoms with Crippen molar-refractivity contribution < 1.29 is 4.79 Å². The maximum absolute atomic E-state index is 12.1. The highest BCUT2D eigenvalue weighted by Gasteiger charge is 2.28. The molecule has 18 heavy (non-hydrogen) atoms. The summed E-state index contributed by atoms with van der Waals surface area (Å²) in [5.74, 6) is 0.854. The topological polar surface area (TPSA) is 46.3 Å². The van der Waals surface area contributed by atoms with Crippen LogP contribution in [0.1, 0.15) is 59.3 Å². The minimum atomic E-state index is 0.245. The molecule has 0 spiro atoms. The summed E-state index contributed by atoms with van der Waals surface area (Å²) in [6.07, 6.45) is 6.32. The van der Waals surface area contributed by atoms with Crippen molar-refractivity contribution >= 4 is 5.91 Å². The molecule has 1 rings (SSSR count). The molecular formula is C15H30N2O. The summed E-state index contributed by atoms with van der Waals surface area (Å²) in [6, 6.07) is 0.514. The Bertz CT molecular complexity index is 266. The summed E-state index contributed by atoms with van der Waals surface area (Å²) in [7, 11) is 1.96. The van der Waals surface area contributed by atoms with E-state index in [-0.39, 0.29) is 5.41 Å². The van der Waals surface area contributed by atoms with E-state index < -0.39 is 0 Å². The average Bonchev–Trinajstić information content (AvgIpc) is 2.19. The van der Waals surface area contributed by atoms with Gasteiger partial charge in [0, 0.05) is 19.5 Å². The molecule has 0 bridgehead atoms. The van der Waals surface area contributed by atoms with Gasteiger partial charge in [0.1, 0.15) is 0 Å². The summed E-state index contributed by atoms with van der Waals surface area (Å²) in [6.45, 7) is 7.45. The van der Waals surface area contributed by atoms with Gasteiger partial charge in [0.05, 0.1) is 0 Å².